The maximum Gasteiger partial charge on any atom is 0.216 e. The Morgan fingerprint density at radius 2 is 1.29 bits per heavy atom. The van der Waals surface area contributed by atoms with Crippen molar-refractivity contribution in [3.05, 3.63) is 77.9 Å². The van der Waals surface area contributed by atoms with Gasteiger partial charge in [-0.25, -0.2) is 0 Å². The van der Waals surface area contributed by atoms with Crippen LogP contribution in [0.2, 0.25) is 0 Å². The number of nitrogens with zero attached hydrogens (tertiary/aromatic N) is 2. The van der Waals surface area contributed by atoms with Crippen LogP contribution in [0.4, 0.5) is 0 Å². The van der Waals surface area contributed by atoms with Gasteiger partial charge in [0.2, 0.25) is 5.69 Å². The summed E-state index contributed by atoms with van der Waals surface area (Å²) < 4.78 is 2.19. The lowest BCUT2D eigenvalue weighted by atomic mass is 10.0. The first-order valence-electron chi connectivity index (χ1n) is 7.15. The normalized spacial score (nSPS) is 10.6. The number of benzene rings is 1. The first kappa shape index (κ1) is 13.5. The van der Waals surface area contributed by atoms with Gasteiger partial charge in [0.1, 0.15) is 0 Å². The van der Waals surface area contributed by atoms with Gasteiger partial charge in [0, 0.05) is 35.7 Å². The minimum absolute atomic E-state index is 1.19. The molecule has 0 saturated carbocycles. The lowest BCUT2D eigenvalue weighted by Gasteiger charge is -2.06. The molecule has 2 heteroatoms. The summed E-state index contributed by atoms with van der Waals surface area (Å²) in [6, 6.07) is 12.8. The van der Waals surface area contributed by atoms with Crippen LogP contribution in [0.1, 0.15) is 16.7 Å². The van der Waals surface area contributed by atoms with E-state index in [1.54, 1.807) is 0 Å². The molecule has 0 unspecified atom stereocenters. The average Bonchev–Trinajstić information content (AvgIpc) is 2.48. The predicted molar refractivity (Wildman–Crippen MR) is 85.4 cm³/mol. The Kier molecular flexibility index (Phi) is 3.53. The van der Waals surface area contributed by atoms with Crippen molar-refractivity contribution >= 4 is 0 Å². The third kappa shape index (κ3) is 2.70. The number of rotatable bonds is 2. The number of pyridine rings is 2. The number of hydrogen-bond acceptors (Lipinski definition) is 1. The first-order valence-corrected chi connectivity index (χ1v) is 7.15. The summed E-state index contributed by atoms with van der Waals surface area (Å²) in [7, 11) is 0. The summed E-state index contributed by atoms with van der Waals surface area (Å²) in [6.07, 6.45) is 7.90. The molecule has 2 nitrogen and oxygen atoms in total. The Balaban J connectivity index is 2.03. The Morgan fingerprint density at radius 1 is 0.762 bits per heavy atom. The van der Waals surface area contributed by atoms with Gasteiger partial charge in [-0.2, -0.15) is 4.57 Å². The zero-order valence-corrected chi connectivity index (χ0v) is 12.7. The van der Waals surface area contributed by atoms with E-state index in [-0.39, 0.29) is 0 Å². The van der Waals surface area contributed by atoms with Crippen LogP contribution < -0.4 is 4.57 Å². The molecule has 0 aliphatic carbocycles. The number of aromatic nitrogens is 2. The fourth-order valence-corrected chi connectivity index (χ4v) is 2.89. The zero-order chi connectivity index (χ0) is 14.8. The molecule has 104 valence electrons. The monoisotopic (exact) mass is 275 g/mol. The molecule has 0 aliphatic heterocycles. The molecule has 0 bridgehead atoms. The molecule has 2 heterocycles. The van der Waals surface area contributed by atoms with Gasteiger partial charge in [0.25, 0.3) is 0 Å². The fraction of sp³-hybridized carbons (Fsp3) is 0.158. The molecule has 0 atom stereocenters. The van der Waals surface area contributed by atoms with Crippen molar-refractivity contribution in [3.8, 4) is 16.8 Å². The maximum absolute atomic E-state index is 4.06. The average molecular weight is 275 g/mol. The van der Waals surface area contributed by atoms with Crippen molar-refractivity contribution in [2.24, 2.45) is 0 Å². The topological polar surface area (TPSA) is 16.8 Å². The molecule has 3 aromatic rings. The smallest absolute Gasteiger partial charge is 0.216 e. The van der Waals surface area contributed by atoms with E-state index in [9.17, 15) is 0 Å². The molecular weight excluding hydrogens is 256 g/mol. The van der Waals surface area contributed by atoms with Crippen LogP contribution in [0, 0.1) is 20.8 Å². The van der Waals surface area contributed by atoms with Crippen LogP contribution in [0.15, 0.2) is 61.2 Å². The summed E-state index contributed by atoms with van der Waals surface area (Å²) in [6.45, 7) is 6.47. The van der Waals surface area contributed by atoms with Gasteiger partial charge in [0.15, 0.2) is 12.4 Å². The fourth-order valence-electron chi connectivity index (χ4n) is 2.89. The zero-order valence-electron chi connectivity index (χ0n) is 12.7. The lowest BCUT2D eigenvalue weighted by molar-refractivity contribution is -0.596. The van der Waals surface area contributed by atoms with E-state index in [0.717, 1.165) is 0 Å². The van der Waals surface area contributed by atoms with Gasteiger partial charge < -0.3 is 0 Å². The van der Waals surface area contributed by atoms with Crippen LogP contribution in [0.3, 0.4) is 0 Å². The summed E-state index contributed by atoms with van der Waals surface area (Å²) in [5.41, 5.74) is 7.57. The van der Waals surface area contributed by atoms with Crippen molar-refractivity contribution in [1.82, 2.24) is 4.98 Å². The molecule has 0 spiro atoms. The highest BCUT2D eigenvalue weighted by Crippen LogP contribution is 2.19. The molecule has 0 saturated heterocycles. The Hall–Kier alpha value is -2.48. The van der Waals surface area contributed by atoms with Gasteiger partial charge in [-0.15, -0.1) is 0 Å². The van der Waals surface area contributed by atoms with Crippen LogP contribution in [-0.2, 0) is 0 Å². The second kappa shape index (κ2) is 5.49. The van der Waals surface area contributed by atoms with E-state index < -0.39 is 0 Å². The highest BCUT2D eigenvalue weighted by molar-refractivity contribution is 5.61. The van der Waals surface area contributed by atoms with Crippen molar-refractivity contribution in [1.29, 1.82) is 0 Å². The molecule has 0 N–H and O–H groups in total. The quantitative estimate of drug-likeness (QED) is 0.647. The van der Waals surface area contributed by atoms with Crippen molar-refractivity contribution in [2.75, 3.05) is 0 Å². The summed E-state index contributed by atoms with van der Waals surface area (Å²) >= 11 is 0. The van der Waals surface area contributed by atoms with Crippen LogP contribution >= 0.6 is 0 Å². The SMILES string of the molecule is Cc1cc(C)c(-[n+]2ccc(-c3ccncc3)cc2)c(C)c1. The van der Waals surface area contributed by atoms with Gasteiger partial charge in [0.05, 0.1) is 0 Å². The van der Waals surface area contributed by atoms with Crippen LogP contribution in [-0.4, -0.2) is 4.98 Å². The van der Waals surface area contributed by atoms with E-state index in [4.69, 9.17) is 0 Å². The van der Waals surface area contributed by atoms with Crippen molar-refractivity contribution in [3.63, 3.8) is 0 Å². The molecular formula is C19H19N2+. The summed E-state index contributed by atoms with van der Waals surface area (Å²) in [4.78, 5) is 4.06. The largest absolute Gasteiger partial charge is 0.265 e. The molecule has 2 aromatic heterocycles. The van der Waals surface area contributed by atoms with E-state index in [2.05, 4.69) is 67.0 Å². The summed E-state index contributed by atoms with van der Waals surface area (Å²) in [5.74, 6) is 0. The molecule has 0 aliphatic rings. The maximum atomic E-state index is 4.06. The standard InChI is InChI=1S/C19H19N2/c1-14-12-15(2)19(16(3)13-14)21-10-6-18(7-11-21)17-4-8-20-9-5-17/h4-13H,1-3H3/q+1. The number of aryl methyl sites for hydroxylation is 3. The van der Waals surface area contributed by atoms with Crippen molar-refractivity contribution in [2.45, 2.75) is 20.8 Å². The van der Waals surface area contributed by atoms with E-state index >= 15 is 0 Å². The van der Waals surface area contributed by atoms with Gasteiger partial charge in [-0.3, -0.25) is 4.98 Å². The Bertz CT molecular complexity index is 736. The number of hydrogen-bond donors (Lipinski definition) is 0. The van der Waals surface area contributed by atoms with Crippen LogP contribution in [0.5, 0.6) is 0 Å². The minimum atomic E-state index is 1.19. The Labute approximate surface area is 125 Å². The second-order valence-corrected chi connectivity index (χ2v) is 5.48. The lowest BCUT2D eigenvalue weighted by Crippen LogP contribution is -2.31. The Morgan fingerprint density at radius 3 is 1.86 bits per heavy atom. The molecule has 0 fully saturated rings. The highest BCUT2D eigenvalue weighted by atomic mass is 14.9. The van der Waals surface area contributed by atoms with Gasteiger partial charge in [-0.05, 0) is 56.2 Å². The minimum Gasteiger partial charge on any atom is -0.265 e. The van der Waals surface area contributed by atoms with E-state index in [1.165, 1.54) is 33.5 Å². The molecule has 21 heavy (non-hydrogen) atoms. The van der Waals surface area contributed by atoms with E-state index in [0.29, 0.717) is 0 Å². The highest BCUT2D eigenvalue weighted by Gasteiger charge is 2.14. The third-order valence-electron chi connectivity index (χ3n) is 3.74. The van der Waals surface area contributed by atoms with Gasteiger partial charge >= 0.3 is 0 Å². The predicted octanol–water partition coefficient (Wildman–Crippen LogP) is 3.95. The molecule has 0 amide bonds. The third-order valence-corrected chi connectivity index (χ3v) is 3.74. The first-order chi connectivity index (χ1) is 10.1. The second-order valence-electron chi connectivity index (χ2n) is 5.48. The van der Waals surface area contributed by atoms with E-state index in [1.807, 2.05) is 24.5 Å². The van der Waals surface area contributed by atoms with Crippen LogP contribution in [0.25, 0.3) is 16.8 Å². The molecule has 1 aromatic carbocycles. The summed E-state index contributed by atoms with van der Waals surface area (Å²) in [5, 5.41) is 0. The molecule has 3 rings (SSSR count). The van der Waals surface area contributed by atoms with Crippen molar-refractivity contribution < 1.29 is 4.57 Å². The molecule has 0 radical (unpaired) electrons. The van der Waals surface area contributed by atoms with Gasteiger partial charge in [-0.1, -0.05) is 5.56 Å².